The Morgan fingerprint density at radius 1 is 0.568 bits per heavy atom. The first-order valence-electron chi connectivity index (χ1n) is 31.6. The maximum atomic E-state index is 13.3. The van der Waals surface area contributed by atoms with Crippen LogP contribution in [0.3, 0.4) is 0 Å². The number of carbonyl (C=O) groups is 2. The largest absolute Gasteiger partial charge is 2.00 e. The third-order valence-corrected chi connectivity index (χ3v) is 19.4. The zero-order valence-corrected chi connectivity index (χ0v) is 57.1. The van der Waals surface area contributed by atoms with E-state index < -0.39 is 16.6 Å². The Hall–Kier alpha value is -8.61. The number of Topliss-reactive ketones (excluding diaryl/α,β-unsaturated/α-hetero) is 1. The summed E-state index contributed by atoms with van der Waals surface area (Å²) in [7, 11) is 0. The molecule has 0 bridgehead atoms. The number of rotatable bonds is 7. The number of allylic oxidation sites excluding steroid dienone is 1. The predicted molar refractivity (Wildman–Crippen MR) is 361 cm³/mol. The van der Waals surface area contributed by atoms with Crippen LogP contribution in [-0.2, 0) is 40.0 Å². The molecule has 6 aliphatic rings. The molecule has 0 aliphatic heterocycles. The molecule has 0 unspecified atom stereocenters. The van der Waals surface area contributed by atoms with Crippen LogP contribution in [0.15, 0.2) is 199 Å². The van der Waals surface area contributed by atoms with Gasteiger partial charge in [-0.15, -0.1) is 17.7 Å². The smallest absolute Gasteiger partial charge is 1.00 e. The van der Waals surface area contributed by atoms with Crippen molar-refractivity contribution in [1.29, 1.82) is 0 Å². The number of hydrogen-bond donors (Lipinski definition) is 2. The number of aryl methyl sites for hydroxylation is 1. The first-order chi connectivity index (χ1) is 44.7. The van der Waals surface area contributed by atoms with Gasteiger partial charge in [0, 0.05) is 29.7 Å². The van der Waals surface area contributed by atoms with Crippen molar-refractivity contribution in [1.82, 2.24) is 29.3 Å². The van der Waals surface area contributed by atoms with E-state index in [1.807, 2.05) is 106 Å². The molecule has 3 saturated carbocycles. The average Bonchev–Trinajstić information content (AvgIpc) is 1.60. The Morgan fingerprint density at radius 3 is 1.43 bits per heavy atom. The van der Waals surface area contributed by atoms with Gasteiger partial charge in [-0.05, 0) is 203 Å². The fourth-order valence-electron chi connectivity index (χ4n) is 13.8. The molecule has 0 spiro atoms. The second-order valence-corrected chi connectivity index (χ2v) is 25.2. The standard InChI is InChI=1S/C25H25FN2O.C25H21FN2O.C17H15FN2O.C8H5.C4H8O2.BrH.Mg/c2*1-24-16-19-17-27-28(22-9-7-21(26)8-10-22)23(19)15-20(24)12-14-25(24,29)13-11-18-5-3-2-4-6-18;1-17-9-11-10-19-20(14-5-3-13(18)4-6-14)15(11)8-12(17)2-7-16(17)21;1-2-8-6-4-3-5-7-8;1-3-6-4(2)5;;/h2-10,15,17,29H,11-14,16H2,1H3;2-10,15,17,29H,12,14,16H2,1H3;3-6,8,10H,2,7,9H2,1H3;3-7H;3H2,1-2H3;1H;/q;;;-1;;;+2/p-1/t2*24-,25-;17-;;;;/m000..../s1. The molecule has 3 fully saturated rings. The van der Waals surface area contributed by atoms with E-state index in [-0.39, 0.29) is 74.3 Å². The SMILES string of the molecule is CCOC(C)=O.C[C@]12Cc3cnn(-c4ccc(F)cc4)c3C=C1CCC2=O.C[C@]12Cc3cnn(-c4ccc(F)cc4)c3C=C1CC[C@@]2(O)C#Cc1ccccc1.C[C@]12Cc3cnn(-c4ccc(F)cc4)c3C=C1CC[C@@]2(O)CCc1ccccc1.[Br-].[C-]#Cc1ccccc1.[Mg+2]. The van der Waals surface area contributed by atoms with Gasteiger partial charge in [-0.2, -0.15) is 15.3 Å². The number of esters is 1. The number of ether oxygens (including phenoxy) is 1. The van der Waals surface area contributed by atoms with E-state index in [2.05, 4.69) is 94.1 Å². The third kappa shape index (κ3) is 14.9. The molecule has 0 amide bonds. The Bertz CT molecular complexity index is 4400. The molecule has 6 aliphatic carbocycles. The van der Waals surface area contributed by atoms with E-state index in [0.717, 1.165) is 107 Å². The van der Waals surface area contributed by atoms with Crippen LogP contribution < -0.4 is 17.0 Å². The van der Waals surface area contributed by atoms with Crippen molar-refractivity contribution in [2.75, 3.05) is 6.61 Å². The molecule has 5 atom stereocenters. The van der Waals surface area contributed by atoms with Gasteiger partial charge < -0.3 is 38.4 Å². The van der Waals surface area contributed by atoms with E-state index in [1.165, 1.54) is 65.6 Å². The number of fused-ring (bicyclic) bond motifs is 6. The maximum absolute atomic E-state index is 13.3. The second kappa shape index (κ2) is 30.0. The fraction of sp³-hybridized carbons (Fsp3) is 0.278. The summed E-state index contributed by atoms with van der Waals surface area (Å²) in [5.41, 5.74) is 12.7. The first-order valence-corrected chi connectivity index (χ1v) is 31.6. The molecule has 9 aromatic rings. The number of hydrogen-bond acceptors (Lipinski definition) is 8. The molecular weight excluding hydrogens is 1270 g/mol. The first kappa shape index (κ1) is 70.7. The molecule has 95 heavy (non-hydrogen) atoms. The topological polar surface area (TPSA) is 137 Å². The molecule has 480 valence electrons. The van der Waals surface area contributed by atoms with Gasteiger partial charge in [0.1, 0.15) is 28.8 Å². The van der Waals surface area contributed by atoms with Crippen molar-refractivity contribution < 1.29 is 54.7 Å². The molecule has 11 nitrogen and oxygen atoms in total. The number of carbonyl (C=O) groups excluding carboxylic acids is 2. The molecule has 16 heteroatoms. The summed E-state index contributed by atoms with van der Waals surface area (Å²) in [6.45, 7) is 9.99. The Balaban J connectivity index is 0.000000152. The van der Waals surface area contributed by atoms with Crippen molar-refractivity contribution in [3.63, 3.8) is 0 Å². The summed E-state index contributed by atoms with van der Waals surface area (Å²) in [6.07, 6.45) is 27.1. The third-order valence-electron chi connectivity index (χ3n) is 19.4. The Kier molecular flexibility index (Phi) is 22.3. The molecule has 15 rings (SSSR count). The fourth-order valence-corrected chi connectivity index (χ4v) is 13.8. The van der Waals surface area contributed by atoms with Crippen molar-refractivity contribution in [3.8, 4) is 34.8 Å². The van der Waals surface area contributed by atoms with Crippen molar-refractivity contribution in [2.24, 2.45) is 16.2 Å². The molecule has 0 radical (unpaired) electrons. The monoisotopic (exact) mass is 1350 g/mol. The van der Waals surface area contributed by atoms with E-state index in [4.69, 9.17) is 6.42 Å². The minimum Gasteiger partial charge on any atom is -1.00 e. The summed E-state index contributed by atoms with van der Waals surface area (Å²) in [4.78, 5) is 22.0. The number of nitrogens with zero attached hydrogens (tertiary/aromatic N) is 6. The van der Waals surface area contributed by atoms with Gasteiger partial charge in [-0.25, -0.2) is 27.2 Å². The van der Waals surface area contributed by atoms with Crippen molar-refractivity contribution in [3.05, 3.63) is 273 Å². The summed E-state index contributed by atoms with van der Waals surface area (Å²) in [5, 5.41) is 36.7. The van der Waals surface area contributed by atoms with Crippen LogP contribution in [0.2, 0.25) is 0 Å². The van der Waals surface area contributed by atoms with Crippen LogP contribution in [0.25, 0.3) is 35.3 Å². The van der Waals surface area contributed by atoms with Gasteiger partial charge in [0.05, 0.1) is 70.4 Å². The number of benzene rings is 6. The van der Waals surface area contributed by atoms with E-state index in [9.17, 15) is 33.0 Å². The average molecular weight is 1350 g/mol. The molecule has 3 heterocycles. The van der Waals surface area contributed by atoms with Crippen LogP contribution in [0, 0.1) is 57.9 Å². The molecule has 3 aromatic heterocycles. The quantitative estimate of drug-likeness (QED) is 0.0697. The minimum atomic E-state index is -1.08. The Morgan fingerprint density at radius 2 is 0.989 bits per heavy atom. The van der Waals surface area contributed by atoms with Gasteiger partial charge in [0.2, 0.25) is 0 Å². The van der Waals surface area contributed by atoms with Gasteiger partial charge in [0.25, 0.3) is 0 Å². The normalized spacial score (nSPS) is 21.7. The zero-order chi connectivity index (χ0) is 65.5. The van der Waals surface area contributed by atoms with Gasteiger partial charge in [-0.3, -0.25) is 15.5 Å². The summed E-state index contributed by atoms with van der Waals surface area (Å²) in [5.74, 6) is 7.97. The summed E-state index contributed by atoms with van der Waals surface area (Å²) >= 11 is 0. The molecule has 0 saturated heterocycles. The molecular formula is C79H74BrF3MgN6O5. The van der Waals surface area contributed by atoms with E-state index in [1.54, 1.807) is 43.3 Å². The van der Waals surface area contributed by atoms with Gasteiger partial charge >= 0.3 is 29.0 Å². The number of halogens is 4. The van der Waals surface area contributed by atoms with Crippen LogP contribution in [0.5, 0.6) is 0 Å². The van der Waals surface area contributed by atoms with Gasteiger partial charge in [-0.1, -0.05) is 109 Å². The Labute approximate surface area is 580 Å². The van der Waals surface area contributed by atoms with E-state index >= 15 is 0 Å². The van der Waals surface area contributed by atoms with Crippen LogP contribution >= 0.6 is 0 Å². The molecule has 6 aromatic carbocycles. The predicted octanol–water partition coefficient (Wildman–Crippen LogP) is 11.8. The zero-order valence-electron chi connectivity index (χ0n) is 54.1. The van der Waals surface area contributed by atoms with Crippen LogP contribution in [-0.4, -0.2) is 92.2 Å². The number of aromatic nitrogens is 6. The van der Waals surface area contributed by atoms with Crippen molar-refractivity contribution in [2.45, 2.75) is 116 Å². The summed E-state index contributed by atoms with van der Waals surface area (Å²) in [6, 6.07) is 48.6. The number of ketones is 1. The minimum absolute atomic E-state index is 0. The van der Waals surface area contributed by atoms with Crippen molar-refractivity contribution >= 4 is 53.0 Å². The number of aliphatic hydroxyl groups is 2. The second-order valence-electron chi connectivity index (χ2n) is 25.2. The van der Waals surface area contributed by atoms with E-state index in [0.29, 0.717) is 38.1 Å². The maximum Gasteiger partial charge on any atom is 2.00 e. The van der Waals surface area contributed by atoms with Crippen LogP contribution in [0.1, 0.15) is 130 Å². The van der Waals surface area contributed by atoms with Gasteiger partial charge in [0.15, 0.2) is 0 Å². The summed E-state index contributed by atoms with van der Waals surface area (Å²) < 4.78 is 49.6. The molecule has 2 N–H and O–H groups in total. The van der Waals surface area contributed by atoms with Crippen LogP contribution in [0.4, 0.5) is 13.2 Å².